The van der Waals surface area contributed by atoms with Crippen molar-refractivity contribution in [1.82, 2.24) is 4.90 Å². The van der Waals surface area contributed by atoms with Crippen LogP contribution in [0.4, 0.5) is 0 Å². The molecule has 2 aromatic rings. The van der Waals surface area contributed by atoms with E-state index in [0.717, 1.165) is 25.8 Å². The van der Waals surface area contributed by atoms with E-state index in [0.29, 0.717) is 13.0 Å². The summed E-state index contributed by atoms with van der Waals surface area (Å²) in [4.78, 5) is 2.34. The van der Waals surface area contributed by atoms with Gasteiger partial charge < -0.3 is 0 Å². The molecule has 2 aromatic carbocycles. The van der Waals surface area contributed by atoms with Crippen LogP contribution in [0.5, 0.6) is 0 Å². The van der Waals surface area contributed by atoms with Gasteiger partial charge in [-0.05, 0) is 0 Å². The molecular formula is C18H18NO2Pb. The first-order valence-electron chi connectivity index (χ1n) is 7.66. The molecule has 0 bridgehead atoms. The summed E-state index contributed by atoms with van der Waals surface area (Å²) >= 11 is 0.915. The Morgan fingerprint density at radius 1 is 1.05 bits per heavy atom. The minimum absolute atomic E-state index is 0.0340. The Morgan fingerprint density at radius 3 is 2.14 bits per heavy atom. The van der Waals surface area contributed by atoms with Crippen molar-refractivity contribution < 1.29 is 10.2 Å². The first kappa shape index (κ1) is 14.8. The normalized spacial score (nSPS) is 26.0. The fourth-order valence-electron chi connectivity index (χ4n) is 4.00. The number of β-amino-alcohol motifs (C(OH)–C–C–N with tert-alkyl or cyclic N) is 1. The van der Waals surface area contributed by atoms with E-state index in [4.69, 9.17) is 0 Å². The van der Waals surface area contributed by atoms with Crippen molar-refractivity contribution in [2.75, 3.05) is 13.2 Å². The quantitative estimate of drug-likeness (QED) is 0.631. The van der Waals surface area contributed by atoms with Gasteiger partial charge in [0.05, 0.1) is 0 Å². The zero-order chi connectivity index (χ0) is 15.3. The van der Waals surface area contributed by atoms with Gasteiger partial charge in [-0.25, -0.2) is 0 Å². The Labute approximate surface area is 146 Å². The van der Waals surface area contributed by atoms with E-state index in [-0.39, 0.29) is 21.9 Å². The first-order valence-corrected chi connectivity index (χ1v) is 9.60. The predicted octanol–water partition coefficient (Wildman–Crippen LogP) is 1.46. The summed E-state index contributed by atoms with van der Waals surface area (Å²) in [6.07, 6.45) is 0.313. The van der Waals surface area contributed by atoms with Crippen molar-refractivity contribution in [2.45, 2.75) is 21.7 Å². The molecule has 4 rings (SSSR count). The topological polar surface area (TPSA) is 43.7 Å². The zero-order valence-corrected chi connectivity index (χ0v) is 16.1. The number of hydrogen-bond donors (Lipinski definition) is 2. The third-order valence-electron chi connectivity index (χ3n) is 4.96. The zero-order valence-electron chi connectivity index (χ0n) is 12.2. The molecule has 1 heterocycles. The number of benzene rings is 2. The van der Waals surface area contributed by atoms with Crippen LogP contribution < -0.4 is 0 Å². The van der Waals surface area contributed by atoms with Crippen LogP contribution >= 0.6 is 0 Å². The van der Waals surface area contributed by atoms with Gasteiger partial charge in [-0.1, -0.05) is 0 Å². The Kier molecular flexibility index (Phi) is 3.64. The Bertz CT molecular complexity index is 672. The van der Waals surface area contributed by atoms with E-state index in [9.17, 15) is 10.2 Å². The van der Waals surface area contributed by atoms with E-state index in [2.05, 4.69) is 53.4 Å². The van der Waals surface area contributed by atoms with Gasteiger partial charge in [0.2, 0.25) is 0 Å². The van der Waals surface area contributed by atoms with E-state index < -0.39 is 0 Å². The molecule has 111 valence electrons. The first-order chi connectivity index (χ1) is 10.7. The fraction of sp³-hybridized carbons (Fsp3) is 0.333. The van der Waals surface area contributed by atoms with Crippen LogP contribution in [0, 0.1) is 0 Å². The number of rotatable bonds is 2. The van der Waals surface area contributed by atoms with Gasteiger partial charge in [-0.15, -0.1) is 0 Å². The van der Waals surface area contributed by atoms with Crippen molar-refractivity contribution in [2.24, 2.45) is 0 Å². The molecule has 0 aromatic heterocycles. The molecular weight excluding hydrogens is 469 g/mol. The van der Waals surface area contributed by atoms with Crippen LogP contribution in [-0.2, 0) is 3.10 Å². The number of nitrogens with zero attached hydrogens (tertiary/aromatic N) is 1. The molecule has 1 fully saturated rings. The van der Waals surface area contributed by atoms with Crippen molar-refractivity contribution in [3.05, 3.63) is 59.7 Å². The number of likely N-dealkylation sites (tertiary alicyclic amines) is 1. The number of aliphatic hydroxyl groups excluding tert-OH is 2. The molecule has 2 aliphatic rings. The Hall–Kier alpha value is -0.758. The molecule has 0 spiro atoms. The molecule has 4 heteroatoms. The molecule has 22 heavy (non-hydrogen) atoms. The summed E-state index contributed by atoms with van der Waals surface area (Å²) in [5.41, 5.74) is 5.25. The van der Waals surface area contributed by atoms with Crippen molar-refractivity contribution in [3.63, 3.8) is 0 Å². The van der Waals surface area contributed by atoms with Crippen LogP contribution in [0.25, 0.3) is 11.1 Å². The van der Waals surface area contributed by atoms with Crippen molar-refractivity contribution >= 4 is 25.8 Å². The predicted molar refractivity (Wildman–Crippen MR) is 86.6 cm³/mol. The third kappa shape index (κ3) is 1.95. The number of fused-ring (bicyclic) bond motifs is 3. The Balaban J connectivity index is 1.94. The van der Waals surface area contributed by atoms with Crippen LogP contribution in [0.15, 0.2) is 48.5 Å². The summed E-state index contributed by atoms with van der Waals surface area (Å²) in [7, 11) is 0. The summed E-state index contributed by atoms with van der Waals surface area (Å²) < 4.78 is -0.155. The number of aliphatic hydroxyl groups is 2. The van der Waals surface area contributed by atoms with Crippen LogP contribution in [0.2, 0.25) is 0 Å². The molecule has 0 saturated carbocycles. The van der Waals surface area contributed by atoms with E-state index >= 15 is 0 Å². The van der Waals surface area contributed by atoms with Gasteiger partial charge in [0, 0.05) is 0 Å². The average molecular weight is 488 g/mol. The fourth-order valence-corrected chi connectivity index (χ4v) is 6.76. The second-order valence-corrected chi connectivity index (χ2v) is 8.99. The number of hydrogen-bond acceptors (Lipinski definition) is 3. The second-order valence-electron chi connectivity index (χ2n) is 6.18. The summed E-state index contributed by atoms with van der Waals surface area (Å²) in [6, 6.07) is 17.2. The molecule has 3 nitrogen and oxygen atoms in total. The monoisotopic (exact) mass is 488 g/mol. The van der Waals surface area contributed by atoms with Crippen LogP contribution in [-0.4, -0.2) is 66.2 Å². The van der Waals surface area contributed by atoms with E-state index in [1.807, 2.05) is 0 Å². The molecule has 1 aliphatic heterocycles. The van der Waals surface area contributed by atoms with Gasteiger partial charge in [0.15, 0.2) is 0 Å². The standard InChI is InChI=1S/C18H18NO2.Pb/c20-11-12-9-13(21)10-19(12)18-16-7-3-1-5-14(16)15-6-2-4-8-17(15)18;/h1-8,12-13,20-21H,9-11H2;/t12-,13?;/m1./s1. The van der Waals surface area contributed by atoms with Crippen molar-refractivity contribution in [1.29, 1.82) is 0 Å². The second kappa shape index (κ2) is 5.40. The molecule has 2 N–H and O–H groups in total. The molecule has 3 radical (unpaired) electrons. The molecule has 2 atom stereocenters. The molecule has 1 aliphatic carbocycles. The summed E-state index contributed by atoms with van der Waals surface area (Å²) in [6.45, 7) is 0.739. The summed E-state index contributed by atoms with van der Waals surface area (Å²) in [5.74, 6) is 0. The van der Waals surface area contributed by atoms with Crippen molar-refractivity contribution in [3.8, 4) is 11.1 Å². The van der Waals surface area contributed by atoms with E-state index in [1.54, 1.807) is 0 Å². The molecule has 1 unspecified atom stereocenters. The van der Waals surface area contributed by atoms with E-state index in [1.165, 1.54) is 22.3 Å². The van der Waals surface area contributed by atoms with Crippen LogP contribution in [0.1, 0.15) is 17.5 Å². The van der Waals surface area contributed by atoms with Gasteiger partial charge >= 0.3 is 146 Å². The van der Waals surface area contributed by atoms with Gasteiger partial charge in [0.25, 0.3) is 0 Å². The third-order valence-corrected chi connectivity index (χ3v) is 8.17. The van der Waals surface area contributed by atoms with Gasteiger partial charge in [-0.3, -0.25) is 0 Å². The Morgan fingerprint density at radius 2 is 1.59 bits per heavy atom. The summed E-state index contributed by atoms with van der Waals surface area (Å²) in [5, 5.41) is 19.9. The maximum atomic E-state index is 10.1. The maximum absolute atomic E-state index is 10.1. The molecule has 0 amide bonds. The average Bonchev–Trinajstić information content (AvgIpc) is 3.06. The minimum atomic E-state index is -0.345. The molecule has 1 saturated heterocycles. The van der Waals surface area contributed by atoms with Gasteiger partial charge in [0.1, 0.15) is 0 Å². The van der Waals surface area contributed by atoms with Gasteiger partial charge in [-0.2, -0.15) is 0 Å². The van der Waals surface area contributed by atoms with Crippen LogP contribution in [0.3, 0.4) is 0 Å². The SMILES string of the molecule is OC[C@H]1CC(O)CN1[C]1([Pb])c2ccccc2-c2ccccc21.